The minimum Gasteiger partial charge on any atom is -0.406 e. The normalized spacial score (nSPS) is 11.2. The molecular formula is C10H8ClF3O2. The second kappa shape index (κ2) is 5.21. The highest BCUT2D eigenvalue weighted by atomic mass is 35.5. The average molecular weight is 253 g/mol. The molecule has 0 aliphatic heterocycles. The molecule has 1 rings (SSSR count). The molecule has 0 fully saturated rings. The van der Waals surface area contributed by atoms with Crippen molar-refractivity contribution in [1.82, 2.24) is 0 Å². The van der Waals surface area contributed by atoms with Gasteiger partial charge in [-0.15, -0.1) is 13.2 Å². The molecule has 0 heterocycles. The number of aldehydes is 1. The van der Waals surface area contributed by atoms with Crippen LogP contribution >= 0.6 is 11.6 Å². The van der Waals surface area contributed by atoms with Crippen LogP contribution in [0.15, 0.2) is 18.2 Å². The largest absolute Gasteiger partial charge is 0.573 e. The van der Waals surface area contributed by atoms with E-state index in [2.05, 4.69) is 4.74 Å². The summed E-state index contributed by atoms with van der Waals surface area (Å²) in [6, 6.07) is 3.79. The molecule has 0 bridgehead atoms. The lowest BCUT2D eigenvalue weighted by Crippen LogP contribution is -2.18. The maximum atomic E-state index is 12.0. The standard InChI is InChI=1S/C10H8ClF3O2/c11-8-3-4-9(16-10(12,13)14)7(6-8)2-1-5-15/h3-6H,1-2H2. The number of halogens is 4. The quantitative estimate of drug-likeness (QED) is 0.768. The van der Waals surface area contributed by atoms with Gasteiger partial charge in [0.05, 0.1) is 0 Å². The van der Waals surface area contributed by atoms with Crippen molar-refractivity contribution in [2.24, 2.45) is 0 Å². The molecule has 0 unspecified atom stereocenters. The third-order valence-corrected chi connectivity index (χ3v) is 2.01. The third-order valence-electron chi connectivity index (χ3n) is 1.78. The Morgan fingerprint density at radius 3 is 2.62 bits per heavy atom. The van der Waals surface area contributed by atoms with Gasteiger partial charge in [0.2, 0.25) is 0 Å². The number of alkyl halides is 3. The van der Waals surface area contributed by atoms with E-state index in [0.717, 1.165) is 6.07 Å². The van der Waals surface area contributed by atoms with E-state index in [4.69, 9.17) is 11.6 Å². The zero-order chi connectivity index (χ0) is 12.2. The third kappa shape index (κ3) is 4.10. The van der Waals surface area contributed by atoms with Gasteiger partial charge >= 0.3 is 6.36 Å². The Kier molecular flexibility index (Phi) is 4.18. The number of benzene rings is 1. The van der Waals surface area contributed by atoms with Gasteiger partial charge in [-0.2, -0.15) is 0 Å². The first-order valence-electron chi connectivity index (χ1n) is 4.40. The van der Waals surface area contributed by atoms with E-state index in [1.54, 1.807) is 0 Å². The summed E-state index contributed by atoms with van der Waals surface area (Å²) in [7, 11) is 0. The SMILES string of the molecule is O=CCCc1cc(Cl)ccc1OC(F)(F)F. The van der Waals surface area contributed by atoms with Gasteiger partial charge in [0.25, 0.3) is 0 Å². The molecule has 2 nitrogen and oxygen atoms in total. The maximum Gasteiger partial charge on any atom is 0.573 e. The fourth-order valence-corrected chi connectivity index (χ4v) is 1.38. The van der Waals surface area contributed by atoms with Crippen LogP contribution in [0.3, 0.4) is 0 Å². The van der Waals surface area contributed by atoms with Gasteiger partial charge in [0.15, 0.2) is 0 Å². The Labute approximate surface area is 95.0 Å². The first-order chi connectivity index (χ1) is 7.42. The van der Waals surface area contributed by atoms with Gasteiger partial charge in [-0.25, -0.2) is 0 Å². The van der Waals surface area contributed by atoms with Gasteiger partial charge in [-0.05, 0) is 30.2 Å². The molecule has 0 amide bonds. The summed E-state index contributed by atoms with van der Waals surface area (Å²) in [5.41, 5.74) is 0.261. The predicted octanol–water partition coefficient (Wildman–Crippen LogP) is 3.37. The lowest BCUT2D eigenvalue weighted by Gasteiger charge is -2.12. The Morgan fingerprint density at radius 2 is 2.06 bits per heavy atom. The molecule has 0 saturated heterocycles. The van der Waals surface area contributed by atoms with E-state index in [-0.39, 0.29) is 24.2 Å². The van der Waals surface area contributed by atoms with Gasteiger partial charge in [-0.3, -0.25) is 0 Å². The summed E-state index contributed by atoms with van der Waals surface area (Å²) in [5.74, 6) is -0.321. The van der Waals surface area contributed by atoms with Gasteiger partial charge in [0.1, 0.15) is 12.0 Å². The number of carbonyl (C=O) groups excluding carboxylic acids is 1. The first kappa shape index (κ1) is 12.8. The Bertz CT molecular complexity index is 377. The van der Waals surface area contributed by atoms with Crippen LogP contribution in [0.5, 0.6) is 5.75 Å². The average Bonchev–Trinajstić information content (AvgIpc) is 2.16. The topological polar surface area (TPSA) is 26.3 Å². The van der Waals surface area contributed by atoms with Crippen LogP contribution < -0.4 is 4.74 Å². The summed E-state index contributed by atoms with van der Waals surface area (Å²) in [5, 5.41) is 0.301. The lowest BCUT2D eigenvalue weighted by atomic mass is 10.1. The molecule has 1 aromatic rings. The smallest absolute Gasteiger partial charge is 0.406 e. The summed E-state index contributed by atoms with van der Waals surface area (Å²) >= 11 is 5.64. The minimum atomic E-state index is -4.75. The van der Waals surface area contributed by atoms with E-state index in [9.17, 15) is 18.0 Å². The monoisotopic (exact) mass is 252 g/mol. The molecular weight excluding hydrogens is 245 g/mol. The van der Waals surface area contributed by atoms with Gasteiger partial charge in [0, 0.05) is 11.4 Å². The molecule has 0 aromatic heterocycles. The molecule has 1 aromatic carbocycles. The second-order valence-electron chi connectivity index (χ2n) is 3.01. The number of hydrogen-bond donors (Lipinski definition) is 0. The zero-order valence-electron chi connectivity index (χ0n) is 8.05. The van der Waals surface area contributed by atoms with Crippen molar-refractivity contribution in [3.63, 3.8) is 0 Å². The predicted molar refractivity (Wildman–Crippen MR) is 52.5 cm³/mol. The Hall–Kier alpha value is -1.23. The van der Waals surface area contributed by atoms with E-state index < -0.39 is 6.36 Å². The molecule has 88 valence electrons. The second-order valence-corrected chi connectivity index (χ2v) is 3.44. The van der Waals surface area contributed by atoms with Gasteiger partial charge < -0.3 is 9.53 Å². The Balaban J connectivity index is 2.93. The van der Waals surface area contributed by atoms with Crippen LogP contribution in [-0.4, -0.2) is 12.6 Å². The fourth-order valence-electron chi connectivity index (χ4n) is 1.18. The summed E-state index contributed by atoms with van der Waals surface area (Å²) in [6.45, 7) is 0. The molecule has 6 heteroatoms. The molecule has 0 N–H and O–H groups in total. The van der Waals surface area contributed by atoms with E-state index in [1.807, 2.05) is 0 Å². The van der Waals surface area contributed by atoms with Crippen molar-refractivity contribution >= 4 is 17.9 Å². The molecule has 0 radical (unpaired) electrons. The van der Waals surface area contributed by atoms with Crippen molar-refractivity contribution in [2.45, 2.75) is 19.2 Å². The summed E-state index contributed by atoms with van der Waals surface area (Å²) in [6.07, 6.45) is -3.84. The van der Waals surface area contributed by atoms with E-state index in [0.29, 0.717) is 11.3 Å². The van der Waals surface area contributed by atoms with Crippen molar-refractivity contribution in [2.75, 3.05) is 0 Å². The summed E-state index contributed by atoms with van der Waals surface area (Å²) in [4.78, 5) is 10.2. The number of aryl methyl sites for hydroxylation is 1. The highest BCUT2D eigenvalue weighted by Gasteiger charge is 2.31. The van der Waals surface area contributed by atoms with Crippen LogP contribution in [-0.2, 0) is 11.2 Å². The lowest BCUT2D eigenvalue weighted by molar-refractivity contribution is -0.274. The van der Waals surface area contributed by atoms with Crippen molar-refractivity contribution in [3.8, 4) is 5.75 Å². The van der Waals surface area contributed by atoms with Crippen molar-refractivity contribution in [3.05, 3.63) is 28.8 Å². The Morgan fingerprint density at radius 1 is 1.38 bits per heavy atom. The number of hydrogen-bond acceptors (Lipinski definition) is 2. The molecule has 0 aliphatic carbocycles. The van der Waals surface area contributed by atoms with Crippen molar-refractivity contribution < 1.29 is 22.7 Å². The highest BCUT2D eigenvalue weighted by molar-refractivity contribution is 6.30. The first-order valence-corrected chi connectivity index (χ1v) is 4.78. The van der Waals surface area contributed by atoms with Crippen LogP contribution in [0.1, 0.15) is 12.0 Å². The summed E-state index contributed by atoms with van der Waals surface area (Å²) < 4.78 is 39.9. The van der Waals surface area contributed by atoms with E-state index >= 15 is 0 Å². The van der Waals surface area contributed by atoms with Crippen molar-refractivity contribution in [1.29, 1.82) is 0 Å². The highest BCUT2D eigenvalue weighted by Crippen LogP contribution is 2.29. The number of ether oxygens (including phenoxy) is 1. The molecule has 0 saturated carbocycles. The minimum absolute atomic E-state index is 0.120. The van der Waals surface area contributed by atoms with Crippen LogP contribution in [0.25, 0.3) is 0 Å². The molecule has 0 spiro atoms. The zero-order valence-corrected chi connectivity index (χ0v) is 8.81. The fraction of sp³-hybridized carbons (Fsp3) is 0.300. The van der Waals surface area contributed by atoms with Gasteiger partial charge in [-0.1, -0.05) is 11.6 Å². The number of rotatable bonds is 4. The maximum absolute atomic E-state index is 12.0. The molecule has 16 heavy (non-hydrogen) atoms. The van der Waals surface area contributed by atoms with Crippen LogP contribution in [0, 0.1) is 0 Å². The number of carbonyl (C=O) groups is 1. The molecule has 0 aliphatic rings. The van der Waals surface area contributed by atoms with Crippen LogP contribution in [0.2, 0.25) is 5.02 Å². The van der Waals surface area contributed by atoms with Crippen LogP contribution in [0.4, 0.5) is 13.2 Å². The molecule has 0 atom stereocenters. The van der Waals surface area contributed by atoms with E-state index in [1.165, 1.54) is 12.1 Å².